The van der Waals surface area contributed by atoms with E-state index in [2.05, 4.69) is 10.2 Å². The predicted molar refractivity (Wildman–Crippen MR) is 164 cm³/mol. The topological polar surface area (TPSA) is 131 Å². The van der Waals surface area contributed by atoms with Gasteiger partial charge in [0.15, 0.2) is 0 Å². The minimum Gasteiger partial charge on any atom is -0.465 e. The molecular weight excluding hydrogens is 606 g/mol. The Morgan fingerprint density at radius 3 is 2.45 bits per heavy atom. The lowest BCUT2D eigenvalue weighted by atomic mass is 9.76. The fraction of sp³-hybridized carbons (Fsp3) is 0.344. The highest BCUT2D eigenvalue weighted by Gasteiger charge is 2.49. The van der Waals surface area contributed by atoms with Crippen LogP contribution in [0.25, 0.3) is 0 Å². The molecule has 0 aromatic heterocycles. The molecule has 0 saturated heterocycles. The maximum absolute atomic E-state index is 14.3. The Kier molecular flexibility index (Phi) is 9.69. The Hall–Kier alpha value is -3.77. The van der Waals surface area contributed by atoms with Gasteiger partial charge in [-0.2, -0.15) is 0 Å². The number of hydrogen-bond donors (Lipinski definition) is 2. The van der Waals surface area contributed by atoms with Gasteiger partial charge in [-0.1, -0.05) is 66.9 Å². The minimum absolute atomic E-state index is 0.0256. The average Bonchev–Trinajstić information content (AvgIpc) is 3.01. The highest BCUT2D eigenvalue weighted by atomic mass is 35.5. The van der Waals surface area contributed by atoms with Gasteiger partial charge in [-0.15, -0.1) is 0 Å². The molecule has 0 radical (unpaired) electrons. The van der Waals surface area contributed by atoms with E-state index in [1.165, 1.54) is 7.11 Å². The number of rotatable bonds is 9. The van der Waals surface area contributed by atoms with Gasteiger partial charge in [-0.05, 0) is 59.9 Å². The number of hydroxylamine groups is 1. The monoisotopic (exact) mass is 639 g/mol. The molecule has 1 aliphatic carbocycles. The number of benzene rings is 3. The summed E-state index contributed by atoms with van der Waals surface area (Å²) >= 11 is 6.22. The summed E-state index contributed by atoms with van der Waals surface area (Å²) in [5.74, 6) is -2.15. The molecule has 1 saturated carbocycles. The number of nitrogens with zero attached hydrogens (tertiary/aromatic N) is 1. The summed E-state index contributed by atoms with van der Waals surface area (Å²) in [7, 11) is -2.28. The number of sulfonamides is 1. The van der Waals surface area contributed by atoms with E-state index in [9.17, 15) is 22.8 Å². The third kappa shape index (κ3) is 6.96. The van der Waals surface area contributed by atoms with Crippen LogP contribution < -0.4 is 10.2 Å². The van der Waals surface area contributed by atoms with Crippen molar-refractivity contribution in [1.82, 2.24) is 15.1 Å². The second kappa shape index (κ2) is 13.5. The molecule has 232 valence electrons. The summed E-state index contributed by atoms with van der Waals surface area (Å²) < 4.78 is 32.2. The van der Waals surface area contributed by atoms with Crippen LogP contribution in [0.3, 0.4) is 0 Å². The molecule has 0 unspecified atom stereocenters. The minimum atomic E-state index is -3.57. The summed E-state index contributed by atoms with van der Waals surface area (Å²) in [6.45, 7) is -0.0256. The molecule has 12 heteroatoms. The molecule has 44 heavy (non-hydrogen) atoms. The standard InChI is InChI=1S/C32H34ClN3O7S/c1-42-32(39)22-9-7-8-20(18-22)19-43-34-30(37)28-24-10-3-4-11-25(24)31(38)36(29(28)21-14-16-23(33)17-15-21)27-13-6-5-12-26(27)35-44(2,40)41/h3-4,7-11,14-18,26-29,35H,5-6,12-13,19H2,1-2H3,(H,34,37)/t26-,27-,28+,29-/m0/s1. The van der Waals surface area contributed by atoms with Crippen molar-refractivity contribution in [2.75, 3.05) is 13.4 Å². The number of carbonyl (C=O) groups excluding carboxylic acids is 3. The van der Waals surface area contributed by atoms with Gasteiger partial charge in [-0.25, -0.2) is 23.4 Å². The molecule has 3 aromatic carbocycles. The quantitative estimate of drug-likeness (QED) is 0.260. The van der Waals surface area contributed by atoms with Gasteiger partial charge in [0.1, 0.15) is 0 Å². The Morgan fingerprint density at radius 2 is 1.73 bits per heavy atom. The van der Waals surface area contributed by atoms with E-state index < -0.39 is 45.9 Å². The van der Waals surface area contributed by atoms with Gasteiger partial charge >= 0.3 is 5.97 Å². The molecule has 4 atom stereocenters. The number of hydrogen-bond acceptors (Lipinski definition) is 7. The molecule has 3 aromatic rings. The Balaban J connectivity index is 1.52. The average molecular weight is 640 g/mol. The molecule has 0 spiro atoms. The zero-order valence-corrected chi connectivity index (χ0v) is 25.9. The lowest BCUT2D eigenvalue weighted by Crippen LogP contribution is -2.59. The lowest BCUT2D eigenvalue weighted by Gasteiger charge is -2.49. The number of carbonyl (C=O) groups is 3. The molecule has 5 rings (SSSR count). The van der Waals surface area contributed by atoms with Crippen molar-refractivity contribution >= 4 is 39.4 Å². The normalized spacial score (nSPS) is 21.8. The van der Waals surface area contributed by atoms with Crippen LogP contribution in [0.4, 0.5) is 0 Å². The van der Waals surface area contributed by atoms with Crippen LogP contribution in [-0.2, 0) is 31.0 Å². The highest BCUT2D eigenvalue weighted by molar-refractivity contribution is 7.88. The zero-order chi connectivity index (χ0) is 31.4. The third-order valence-corrected chi connectivity index (χ3v) is 9.06. The van der Waals surface area contributed by atoms with Crippen LogP contribution in [-0.4, -0.2) is 56.6 Å². The number of amides is 2. The predicted octanol–water partition coefficient (Wildman–Crippen LogP) is 4.52. The maximum atomic E-state index is 14.3. The van der Waals surface area contributed by atoms with Crippen molar-refractivity contribution in [3.05, 3.63) is 106 Å². The lowest BCUT2D eigenvalue weighted by molar-refractivity contribution is -0.138. The molecule has 1 aliphatic heterocycles. The van der Waals surface area contributed by atoms with Crippen LogP contribution in [0, 0.1) is 0 Å². The molecule has 10 nitrogen and oxygen atoms in total. The number of esters is 1. The first-order valence-corrected chi connectivity index (χ1v) is 16.6. The number of fused-ring (bicyclic) bond motifs is 1. The summed E-state index contributed by atoms with van der Waals surface area (Å²) in [5.41, 5.74) is 5.14. The first-order chi connectivity index (χ1) is 21.1. The molecule has 2 amide bonds. The SMILES string of the molecule is COC(=O)c1cccc(CONC(=O)[C@@H]2c3ccccc3C(=O)N([C@H]3CCCC[C@@H]3NS(C)(=O)=O)[C@H]2c2ccc(Cl)cc2)c1. The second-order valence-electron chi connectivity index (χ2n) is 11.1. The summed E-state index contributed by atoms with van der Waals surface area (Å²) in [6, 6.07) is 18.8. The fourth-order valence-electron chi connectivity index (χ4n) is 6.23. The van der Waals surface area contributed by atoms with Crippen LogP contribution in [0.2, 0.25) is 5.02 Å². The van der Waals surface area contributed by atoms with Gasteiger partial charge in [0.05, 0.1) is 37.5 Å². The van der Waals surface area contributed by atoms with Crippen molar-refractivity contribution in [1.29, 1.82) is 0 Å². The van der Waals surface area contributed by atoms with Gasteiger partial charge in [0, 0.05) is 22.7 Å². The number of halogens is 1. The van der Waals surface area contributed by atoms with Gasteiger partial charge in [-0.3, -0.25) is 14.4 Å². The molecule has 2 N–H and O–H groups in total. The van der Waals surface area contributed by atoms with Gasteiger partial charge in [0.2, 0.25) is 10.0 Å². The third-order valence-electron chi connectivity index (χ3n) is 8.08. The summed E-state index contributed by atoms with van der Waals surface area (Å²) in [4.78, 5) is 47.6. The van der Waals surface area contributed by atoms with E-state index in [0.29, 0.717) is 45.7 Å². The van der Waals surface area contributed by atoms with E-state index in [4.69, 9.17) is 21.2 Å². The van der Waals surface area contributed by atoms with Crippen molar-refractivity contribution in [3.63, 3.8) is 0 Å². The maximum Gasteiger partial charge on any atom is 0.337 e. The zero-order valence-electron chi connectivity index (χ0n) is 24.4. The molecular formula is C32H34ClN3O7S. The summed E-state index contributed by atoms with van der Waals surface area (Å²) in [5, 5.41) is 0.496. The van der Waals surface area contributed by atoms with Crippen molar-refractivity contribution in [2.24, 2.45) is 0 Å². The fourth-order valence-corrected chi connectivity index (χ4v) is 7.18. The van der Waals surface area contributed by atoms with E-state index in [0.717, 1.165) is 19.1 Å². The van der Waals surface area contributed by atoms with Crippen LogP contribution in [0.5, 0.6) is 0 Å². The van der Waals surface area contributed by atoms with E-state index in [-0.39, 0.29) is 12.5 Å². The first kappa shape index (κ1) is 31.6. The Morgan fingerprint density at radius 1 is 1.00 bits per heavy atom. The van der Waals surface area contributed by atoms with Crippen LogP contribution in [0.1, 0.15) is 75.0 Å². The number of nitrogens with one attached hydrogen (secondary N) is 2. The first-order valence-electron chi connectivity index (χ1n) is 14.3. The largest absolute Gasteiger partial charge is 0.465 e. The smallest absolute Gasteiger partial charge is 0.337 e. The summed E-state index contributed by atoms with van der Waals surface area (Å²) in [6.07, 6.45) is 3.84. The Bertz CT molecular complexity index is 1650. The van der Waals surface area contributed by atoms with E-state index in [1.807, 2.05) is 0 Å². The van der Waals surface area contributed by atoms with Gasteiger partial charge < -0.3 is 9.64 Å². The molecule has 2 aliphatic rings. The number of methoxy groups -OCH3 is 1. The van der Waals surface area contributed by atoms with E-state index in [1.54, 1.807) is 77.7 Å². The molecule has 1 heterocycles. The molecule has 1 fully saturated rings. The van der Waals surface area contributed by atoms with Crippen molar-refractivity contribution in [2.45, 2.75) is 56.3 Å². The highest BCUT2D eigenvalue weighted by Crippen LogP contribution is 2.46. The van der Waals surface area contributed by atoms with Crippen LogP contribution in [0.15, 0.2) is 72.8 Å². The van der Waals surface area contributed by atoms with Crippen LogP contribution >= 0.6 is 11.6 Å². The second-order valence-corrected chi connectivity index (χ2v) is 13.3. The Labute approximate surface area is 261 Å². The molecule has 0 bridgehead atoms. The number of ether oxygens (including phenoxy) is 1. The van der Waals surface area contributed by atoms with Crippen molar-refractivity contribution < 1.29 is 32.4 Å². The van der Waals surface area contributed by atoms with E-state index >= 15 is 0 Å². The van der Waals surface area contributed by atoms with Crippen molar-refractivity contribution in [3.8, 4) is 0 Å². The van der Waals surface area contributed by atoms with Gasteiger partial charge in [0.25, 0.3) is 11.8 Å².